The Labute approximate surface area is 164 Å². The normalized spacial score (nSPS) is 12.9. The second-order valence-corrected chi connectivity index (χ2v) is 7.01. The van der Waals surface area contributed by atoms with E-state index in [1.165, 1.54) is 13.2 Å². The van der Waals surface area contributed by atoms with Gasteiger partial charge in [0.05, 0.1) is 19.7 Å². The zero-order valence-corrected chi connectivity index (χ0v) is 16.5. The molecule has 0 bridgehead atoms. The van der Waals surface area contributed by atoms with Crippen LogP contribution in [-0.4, -0.2) is 54.0 Å². The molecule has 0 spiro atoms. The lowest BCUT2D eigenvalue weighted by molar-refractivity contribution is -0.132. The van der Waals surface area contributed by atoms with Gasteiger partial charge in [-0.25, -0.2) is 0 Å². The second-order valence-electron chi connectivity index (χ2n) is 7.01. The second kappa shape index (κ2) is 8.88. The molecule has 0 saturated carbocycles. The van der Waals surface area contributed by atoms with Crippen molar-refractivity contribution in [3.63, 3.8) is 0 Å². The topological polar surface area (TPSA) is 87.9 Å². The number of likely N-dealkylation sites (N-methyl/N-ethyl adjacent to an activating group) is 1. The SMILES string of the molecule is CCCN(C)CC(=O)N1Cc2ccc(CNC(=O)c3cc(OC)no3)cc2C1. The Hall–Kier alpha value is -2.87. The largest absolute Gasteiger partial charge is 0.479 e. The van der Waals surface area contributed by atoms with E-state index < -0.39 is 0 Å². The molecular formula is C20H26N4O4. The first-order valence-electron chi connectivity index (χ1n) is 9.36. The van der Waals surface area contributed by atoms with E-state index in [0.717, 1.165) is 29.7 Å². The highest BCUT2D eigenvalue weighted by molar-refractivity contribution is 5.91. The molecule has 8 nitrogen and oxygen atoms in total. The highest BCUT2D eigenvalue weighted by atomic mass is 16.5. The third kappa shape index (κ3) is 4.69. The van der Waals surface area contributed by atoms with Crippen LogP contribution < -0.4 is 10.1 Å². The molecule has 1 aliphatic rings. The number of carbonyl (C=O) groups excluding carboxylic acids is 2. The van der Waals surface area contributed by atoms with E-state index in [9.17, 15) is 9.59 Å². The Morgan fingerprint density at radius 2 is 2.07 bits per heavy atom. The molecule has 2 heterocycles. The van der Waals surface area contributed by atoms with Crippen LogP contribution in [0.4, 0.5) is 0 Å². The fraction of sp³-hybridized carbons (Fsp3) is 0.450. The number of hydrogen-bond acceptors (Lipinski definition) is 6. The van der Waals surface area contributed by atoms with Crippen LogP contribution in [0.2, 0.25) is 0 Å². The van der Waals surface area contributed by atoms with Crippen molar-refractivity contribution in [2.45, 2.75) is 33.0 Å². The maximum absolute atomic E-state index is 12.5. The number of amides is 2. The van der Waals surface area contributed by atoms with Gasteiger partial charge in [-0.05, 0) is 41.9 Å². The van der Waals surface area contributed by atoms with Crippen LogP contribution in [-0.2, 0) is 24.4 Å². The van der Waals surface area contributed by atoms with Crippen molar-refractivity contribution in [2.24, 2.45) is 0 Å². The molecule has 1 aromatic heterocycles. The number of rotatable bonds is 8. The number of benzene rings is 1. The summed E-state index contributed by atoms with van der Waals surface area (Å²) in [5.74, 6) is 0.149. The average molecular weight is 386 g/mol. The molecule has 0 saturated heterocycles. The number of aromatic nitrogens is 1. The predicted molar refractivity (Wildman–Crippen MR) is 103 cm³/mol. The molecule has 1 aromatic carbocycles. The van der Waals surface area contributed by atoms with Crippen LogP contribution in [0, 0.1) is 0 Å². The molecule has 2 aromatic rings. The van der Waals surface area contributed by atoms with Crippen molar-refractivity contribution in [1.29, 1.82) is 0 Å². The maximum atomic E-state index is 12.5. The Morgan fingerprint density at radius 3 is 2.79 bits per heavy atom. The quantitative estimate of drug-likeness (QED) is 0.744. The van der Waals surface area contributed by atoms with Crippen molar-refractivity contribution in [2.75, 3.05) is 27.2 Å². The first-order valence-corrected chi connectivity index (χ1v) is 9.36. The molecule has 2 amide bonds. The summed E-state index contributed by atoms with van der Waals surface area (Å²) in [5.41, 5.74) is 3.25. The lowest BCUT2D eigenvalue weighted by Crippen LogP contribution is -2.36. The molecular weight excluding hydrogens is 360 g/mol. The van der Waals surface area contributed by atoms with Gasteiger partial charge in [-0.3, -0.25) is 14.5 Å². The zero-order chi connectivity index (χ0) is 20.1. The number of ether oxygens (including phenoxy) is 1. The van der Waals surface area contributed by atoms with Crippen molar-refractivity contribution < 1.29 is 18.8 Å². The van der Waals surface area contributed by atoms with Crippen LogP contribution in [0.25, 0.3) is 0 Å². The number of carbonyl (C=O) groups is 2. The molecule has 8 heteroatoms. The first kappa shape index (κ1) is 19.9. The standard InChI is InChI=1S/C20H26N4O4/c1-4-7-23(2)13-19(25)24-11-15-6-5-14(8-16(15)12-24)10-21-20(26)17-9-18(27-3)22-28-17/h5-6,8-9H,4,7,10-13H2,1-3H3,(H,21,26). The van der Waals surface area contributed by atoms with Crippen LogP contribution in [0.1, 0.15) is 40.6 Å². The Morgan fingerprint density at radius 1 is 1.29 bits per heavy atom. The van der Waals surface area contributed by atoms with Gasteiger partial charge in [-0.15, -0.1) is 0 Å². The van der Waals surface area contributed by atoms with Crippen molar-refractivity contribution in [3.8, 4) is 5.88 Å². The Kier molecular flexibility index (Phi) is 6.30. The van der Waals surface area contributed by atoms with Gasteiger partial charge in [0, 0.05) is 19.6 Å². The summed E-state index contributed by atoms with van der Waals surface area (Å²) in [6.07, 6.45) is 1.03. The highest BCUT2D eigenvalue weighted by Crippen LogP contribution is 2.24. The summed E-state index contributed by atoms with van der Waals surface area (Å²) in [7, 11) is 3.43. The number of methoxy groups -OCH3 is 1. The summed E-state index contributed by atoms with van der Waals surface area (Å²) in [4.78, 5) is 28.5. The summed E-state index contributed by atoms with van der Waals surface area (Å²) >= 11 is 0. The van der Waals surface area contributed by atoms with Crippen LogP contribution in [0.3, 0.4) is 0 Å². The molecule has 0 unspecified atom stereocenters. The van der Waals surface area contributed by atoms with Gasteiger partial charge < -0.3 is 19.5 Å². The van der Waals surface area contributed by atoms with Gasteiger partial charge in [-0.1, -0.05) is 25.1 Å². The van der Waals surface area contributed by atoms with Crippen molar-refractivity contribution >= 4 is 11.8 Å². The van der Waals surface area contributed by atoms with Gasteiger partial charge in [0.15, 0.2) is 0 Å². The third-order valence-corrected chi connectivity index (χ3v) is 4.73. The average Bonchev–Trinajstić information content (AvgIpc) is 3.32. The van der Waals surface area contributed by atoms with E-state index in [1.807, 2.05) is 35.0 Å². The molecule has 1 N–H and O–H groups in total. The fourth-order valence-electron chi connectivity index (χ4n) is 3.26. The lowest BCUT2D eigenvalue weighted by Gasteiger charge is -2.20. The molecule has 150 valence electrons. The molecule has 3 rings (SSSR count). The third-order valence-electron chi connectivity index (χ3n) is 4.73. The zero-order valence-electron chi connectivity index (χ0n) is 16.5. The summed E-state index contributed by atoms with van der Waals surface area (Å²) in [5, 5.41) is 6.42. The van der Waals surface area contributed by atoms with Crippen molar-refractivity contribution in [3.05, 3.63) is 46.7 Å². The maximum Gasteiger partial charge on any atom is 0.290 e. The van der Waals surface area contributed by atoms with Gasteiger partial charge in [0.25, 0.3) is 11.8 Å². The van der Waals surface area contributed by atoms with Gasteiger partial charge in [0.1, 0.15) is 0 Å². The summed E-state index contributed by atoms with van der Waals surface area (Å²) < 4.78 is 9.84. The molecule has 0 fully saturated rings. The van der Waals surface area contributed by atoms with E-state index in [4.69, 9.17) is 9.26 Å². The first-order chi connectivity index (χ1) is 13.5. The highest BCUT2D eigenvalue weighted by Gasteiger charge is 2.24. The van der Waals surface area contributed by atoms with E-state index in [-0.39, 0.29) is 23.5 Å². The smallest absolute Gasteiger partial charge is 0.290 e. The number of nitrogens with one attached hydrogen (secondary N) is 1. The van der Waals surface area contributed by atoms with Crippen LogP contribution >= 0.6 is 0 Å². The molecule has 0 atom stereocenters. The van der Waals surface area contributed by atoms with E-state index >= 15 is 0 Å². The summed E-state index contributed by atoms with van der Waals surface area (Å²) in [6.45, 7) is 5.06. The molecule has 0 aliphatic carbocycles. The predicted octanol–water partition coefficient (Wildman–Crippen LogP) is 1.80. The minimum Gasteiger partial charge on any atom is -0.479 e. The van der Waals surface area contributed by atoms with E-state index in [2.05, 4.69) is 17.4 Å². The van der Waals surface area contributed by atoms with Crippen molar-refractivity contribution in [1.82, 2.24) is 20.3 Å². The van der Waals surface area contributed by atoms with Gasteiger partial charge in [0.2, 0.25) is 11.7 Å². The molecule has 28 heavy (non-hydrogen) atoms. The van der Waals surface area contributed by atoms with E-state index in [0.29, 0.717) is 26.2 Å². The molecule has 1 aliphatic heterocycles. The minimum absolute atomic E-state index is 0.103. The fourth-order valence-corrected chi connectivity index (χ4v) is 3.26. The Balaban J connectivity index is 1.55. The molecule has 0 radical (unpaired) electrons. The summed E-state index contributed by atoms with van der Waals surface area (Å²) in [6, 6.07) is 7.48. The van der Waals surface area contributed by atoms with E-state index in [1.54, 1.807) is 0 Å². The number of nitrogens with zero attached hydrogens (tertiary/aromatic N) is 3. The van der Waals surface area contributed by atoms with Gasteiger partial charge >= 0.3 is 0 Å². The van der Waals surface area contributed by atoms with Crippen LogP contribution in [0.5, 0.6) is 5.88 Å². The number of hydrogen-bond donors (Lipinski definition) is 1. The van der Waals surface area contributed by atoms with Gasteiger partial charge in [-0.2, -0.15) is 0 Å². The lowest BCUT2D eigenvalue weighted by atomic mass is 10.1. The number of fused-ring (bicyclic) bond motifs is 1. The van der Waals surface area contributed by atoms with Crippen LogP contribution in [0.15, 0.2) is 28.8 Å². The Bertz CT molecular complexity index is 848. The monoisotopic (exact) mass is 386 g/mol. The minimum atomic E-state index is -0.355.